The molecule has 0 aromatic heterocycles. The summed E-state index contributed by atoms with van der Waals surface area (Å²) in [6.07, 6.45) is 1.42. The number of carbonyl (C=O) groups is 1. The van der Waals surface area contributed by atoms with Crippen molar-refractivity contribution in [1.82, 2.24) is 0 Å². The molecule has 0 aliphatic heterocycles. The second-order valence-corrected chi connectivity index (χ2v) is 8.51. The molecular formula is C23H14Br2ClFN2O2. The molecule has 0 saturated carbocycles. The maximum Gasteiger partial charge on any atom is 0.266 e. The average molecular weight is 565 g/mol. The van der Waals surface area contributed by atoms with Crippen molar-refractivity contribution in [3.8, 4) is 11.8 Å². The first-order chi connectivity index (χ1) is 14.9. The second kappa shape index (κ2) is 10.6. The summed E-state index contributed by atoms with van der Waals surface area (Å²) >= 11 is 13.0. The molecule has 3 aromatic rings. The van der Waals surface area contributed by atoms with Crippen LogP contribution in [0.15, 0.2) is 75.2 Å². The normalized spacial score (nSPS) is 11.0. The minimum atomic E-state index is -0.548. The first-order valence-corrected chi connectivity index (χ1v) is 10.9. The fourth-order valence-corrected chi connectivity index (χ4v) is 4.03. The second-order valence-electron chi connectivity index (χ2n) is 6.33. The van der Waals surface area contributed by atoms with E-state index in [0.717, 1.165) is 4.47 Å². The van der Waals surface area contributed by atoms with E-state index in [2.05, 4.69) is 37.2 Å². The number of nitriles is 1. The molecule has 8 heteroatoms. The van der Waals surface area contributed by atoms with E-state index in [1.807, 2.05) is 12.1 Å². The summed E-state index contributed by atoms with van der Waals surface area (Å²) in [5.41, 5.74) is 1.38. The quantitative estimate of drug-likeness (QED) is 0.256. The molecule has 0 atom stereocenters. The van der Waals surface area contributed by atoms with Crippen molar-refractivity contribution < 1.29 is 13.9 Å². The third kappa shape index (κ3) is 6.17. The van der Waals surface area contributed by atoms with E-state index < -0.39 is 5.91 Å². The van der Waals surface area contributed by atoms with Crippen molar-refractivity contribution in [3.63, 3.8) is 0 Å². The maximum absolute atomic E-state index is 13.8. The summed E-state index contributed by atoms with van der Waals surface area (Å²) < 4.78 is 20.8. The number of carbonyl (C=O) groups excluding carboxylic acids is 1. The van der Waals surface area contributed by atoms with Gasteiger partial charge in [-0.15, -0.1) is 0 Å². The Labute approximate surface area is 200 Å². The smallest absolute Gasteiger partial charge is 0.266 e. The first kappa shape index (κ1) is 23.0. The van der Waals surface area contributed by atoms with Gasteiger partial charge in [0.1, 0.15) is 24.1 Å². The highest BCUT2D eigenvalue weighted by Crippen LogP contribution is 2.36. The van der Waals surface area contributed by atoms with Gasteiger partial charge >= 0.3 is 0 Å². The van der Waals surface area contributed by atoms with Crippen molar-refractivity contribution in [2.75, 3.05) is 5.32 Å². The first-order valence-electron chi connectivity index (χ1n) is 8.91. The van der Waals surface area contributed by atoms with Crippen LogP contribution in [-0.4, -0.2) is 5.91 Å². The predicted molar refractivity (Wildman–Crippen MR) is 126 cm³/mol. The largest absolute Gasteiger partial charge is 0.486 e. The van der Waals surface area contributed by atoms with Crippen LogP contribution in [0.4, 0.5) is 10.1 Å². The topological polar surface area (TPSA) is 62.1 Å². The van der Waals surface area contributed by atoms with Gasteiger partial charge in [0.25, 0.3) is 5.91 Å². The van der Waals surface area contributed by atoms with Gasteiger partial charge in [0.15, 0.2) is 5.75 Å². The highest BCUT2D eigenvalue weighted by atomic mass is 79.9. The number of rotatable bonds is 6. The van der Waals surface area contributed by atoms with Gasteiger partial charge in [-0.25, -0.2) is 4.39 Å². The Bertz CT molecular complexity index is 1190. The lowest BCUT2D eigenvalue weighted by molar-refractivity contribution is -0.112. The van der Waals surface area contributed by atoms with Crippen LogP contribution in [0.25, 0.3) is 6.08 Å². The summed E-state index contributed by atoms with van der Waals surface area (Å²) in [4.78, 5) is 12.5. The Hall–Kier alpha value is -2.66. The number of benzene rings is 3. The monoisotopic (exact) mass is 562 g/mol. The van der Waals surface area contributed by atoms with E-state index >= 15 is 0 Å². The fourth-order valence-electron chi connectivity index (χ4n) is 2.65. The van der Waals surface area contributed by atoms with Crippen molar-refractivity contribution in [2.45, 2.75) is 6.61 Å². The summed E-state index contributed by atoms with van der Waals surface area (Å²) in [6.45, 7) is -0.00132. The van der Waals surface area contributed by atoms with Crippen molar-refractivity contribution >= 4 is 61.1 Å². The van der Waals surface area contributed by atoms with Crippen molar-refractivity contribution in [2.24, 2.45) is 0 Å². The van der Waals surface area contributed by atoms with Gasteiger partial charge in [-0.05, 0) is 64.0 Å². The van der Waals surface area contributed by atoms with Crippen LogP contribution in [0.1, 0.15) is 11.1 Å². The third-order valence-corrected chi connectivity index (χ3v) is 5.47. The van der Waals surface area contributed by atoms with E-state index in [1.54, 1.807) is 48.5 Å². The molecule has 1 N–H and O–H groups in total. The zero-order chi connectivity index (χ0) is 22.4. The SMILES string of the molecule is N#C/C(=C/c1cc(Cl)c(OCc2ccccc2F)c(Br)c1)C(=O)Nc1cccc(Br)c1. The van der Waals surface area contributed by atoms with Gasteiger partial charge < -0.3 is 10.1 Å². The predicted octanol–water partition coefficient (Wildman–Crippen LogP) is 7.13. The molecule has 3 aromatic carbocycles. The Morgan fingerprint density at radius 1 is 1.16 bits per heavy atom. The Balaban J connectivity index is 1.78. The lowest BCUT2D eigenvalue weighted by Crippen LogP contribution is -2.13. The number of hydrogen-bond donors (Lipinski definition) is 1. The zero-order valence-electron chi connectivity index (χ0n) is 15.8. The van der Waals surface area contributed by atoms with E-state index in [1.165, 1.54) is 12.1 Å². The van der Waals surface area contributed by atoms with Crippen LogP contribution in [0, 0.1) is 17.1 Å². The number of amides is 1. The van der Waals surface area contributed by atoms with Gasteiger partial charge in [-0.2, -0.15) is 5.26 Å². The van der Waals surface area contributed by atoms with E-state index in [4.69, 9.17) is 16.3 Å². The molecule has 1 amide bonds. The van der Waals surface area contributed by atoms with Gasteiger partial charge in [0.05, 0.1) is 9.50 Å². The zero-order valence-corrected chi connectivity index (χ0v) is 19.8. The number of anilines is 1. The maximum atomic E-state index is 13.8. The van der Waals surface area contributed by atoms with Crippen LogP contribution in [-0.2, 0) is 11.4 Å². The molecular weight excluding hydrogens is 551 g/mol. The van der Waals surface area contributed by atoms with E-state index in [0.29, 0.717) is 27.0 Å². The molecule has 31 heavy (non-hydrogen) atoms. The molecule has 0 aliphatic rings. The summed E-state index contributed by atoms with van der Waals surface area (Å²) in [5, 5.41) is 12.4. The molecule has 156 valence electrons. The standard InChI is InChI=1S/C23H14Br2ClFN2O2/c24-17-5-3-6-18(11-17)29-23(30)16(12-28)8-14-9-19(25)22(20(26)10-14)31-13-15-4-1-2-7-21(15)27/h1-11H,13H2,(H,29,30)/b16-8-. The van der Waals surface area contributed by atoms with Crippen LogP contribution in [0.5, 0.6) is 5.75 Å². The molecule has 0 spiro atoms. The molecule has 0 heterocycles. The van der Waals surface area contributed by atoms with Crippen molar-refractivity contribution in [3.05, 3.63) is 97.1 Å². The lowest BCUT2D eigenvalue weighted by Gasteiger charge is -2.12. The van der Waals surface area contributed by atoms with Gasteiger partial charge in [-0.3, -0.25) is 4.79 Å². The summed E-state index contributed by atoms with van der Waals surface area (Å²) in [7, 11) is 0. The van der Waals surface area contributed by atoms with Gasteiger partial charge in [0, 0.05) is 15.7 Å². The number of halogens is 4. The Morgan fingerprint density at radius 3 is 2.61 bits per heavy atom. The number of hydrogen-bond acceptors (Lipinski definition) is 3. The molecule has 0 aliphatic carbocycles. The van der Waals surface area contributed by atoms with Crippen LogP contribution in [0.2, 0.25) is 5.02 Å². The average Bonchev–Trinajstić information content (AvgIpc) is 2.72. The Kier molecular flexibility index (Phi) is 7.85. The molecule has 4 nitrogen and oxygen atoms in total. The molecule has 0 radical (unpaired) electrons. The van der Waals surface area contributed by atoms with Crippen molar-refractivity contribution in [1.29, 1.82) is 5.26 Å². The van der Waals surface area contributed by atoms with Crippen LogP contribution >= 0.6 is 43.5 Å². The highest BCUT2D eigenvalue weighted by molar-refractivity contribution is 9.10. The molecule has 0 unspecified atom stereocenters. The molecule has 0 bridgehead atoms. The highest BCUT2D eigenvalue weighted by Gasteiger charge is 2.14. The summed E-state index contributed by atoms with van der Waals surface area (Å²) in [5.74, 6) is -0.587. The van der Waals surface area contributed by atoms with E-state index in [9.17, 15) is 14.4 Å². The molecule has 0 fully saturated rings. The lowest BCUT2D eigenvalue weighted by atomic mass is 10.1. The minimum Gasteiger partial charge on any atom is -0.486 e. The number of nitrogens with one attached hydrogen (secondary N) is 1. The number of ether oxygens (including phenoxy) is 1. The summed E-state index contributed by atoms with van der Waals surface area (Å²) in [6, 6.07) is 18.4. The third-order valence-electron chi connectivity index (χ3n) is 4.11. The number of nitrogens with zero attached hydrogens (tertiary/aromatic N) is 1. The van der Waals surface area contributed by atoms with Gasteiger partial charge in [-0.1, -0.05) is 51.8 Å². The van der Waals surface area contributed by atoms with E-state index in [-0.39, 0.29) is 23.0 Å². The molecule has 3 rings (SSSR count). The fraction of sp³-hybridized carbons (Fsp3) is 0.0435. The minimum absolute atomic E-state index is 0.00132. The van der Waals surface area contributed by atoms with Crippen LogP contribution < -0.4 is 10.1 Å². The van der Waals surface area contributed by atoms with Crippen LogP contribution in [0.3, 0.4) is 0 Å². The van der Waals surface area contributed by atoms with Gasteiger partial charge in [0.2, 0.25) is 0 Å². The molecule has 0 saturated heterocycles. The Morgan fingerprint density at radius 2 is 1.94 bits per heavy atom.